The SMILES string of the molecule is C1=Cc2ncncc2NN=1. The van der Waals surface area contributed by atoms with E-state index in [0.717, 1.165) is 11.4 Å². The summed E-state index contributed by atoms with van der Waals surface area (Å²) in [5, 5.41) is 3.68. The normalized spacial score (nSPS) is 12.4. The van der Waals surface area contributed by atoms with E-state index in [1.165, 1.54) is 6.33 Å². The van der Waals surface area contributed by atoms with Crippen molar-refractivity contribution in [2.45, 2.75) is 0 Å². The summed E-state index contributed by atoms with van der Waals surface area (Å²) in [6, 6.07) is 0. The van der Waals surface area contributed by atoms with Crippen molar-refractivity contribution in [1.82, 2.24) is 9.97 Å². The van der Waals surface area contributed by atoms with E-state index in [1.807, 2.05) is 0 Å². The first-order chi connectivity index (χ1) is 4.97. The van der Waals surface area contributed by atoms with Crippen molar-refractivity contribution < 1.29 is 0 Å². The lowest BCUT2D eigenvalue weighted by Gasteiger charge is -2.02. The van der Waals surface area contributed by atoms with Gasteiger partial charge in [-0.1, -0.05) is 0 Å². The van der Waals surface area contributed by atoms with E-state index in [-0.39, 0.29) is 0 Å². The van der Waals surface area contributed by atoms with Gasteiger partial charge in [0.1, 0.15) is 17.7 Å². The van der Waals surface area contributed by atoms with Gasteiger partial charge in [0.2, 0.25) is 0 Å². The van der Waals surface area contributed by atoms with Crippen LogP contribution >= 0.6 is 0 Å². The lowest BCUT2D eigenvalue weighted by atomic mass is 10.3. The summed E-state index contributed by atoms with van der Waals surface area (Å²) in [4.78, 5) is 7.78. The fourth-order valence-electron chi connectivity index (χ4n) is 0.726. The van der Waals surface area contributed by atoms with Crippen molar-refractivity contribution in [3.05, 3.63) is 18.2 Å². The number of nitrogens with zero attached hydrogens (tertiary/aromatic N) is 3. The second-order valence-electron chi connectivity index (χ2n) is 1.82. The van der Waals surface area contributed by atoms with Crippen molar-refractivity contribution >= 4 is 17.6 Å². The first kappa shape index (κ1) is 5.14. The van der Waals surface area contributed by atoms with Gasteiger partial charge in [0.15, 0.2) is 0 Å². The molecule has 0 spiro atoms. The molecule has 2 rings (SSSR count). The summed E-state index contributed by atoms with van der Waals surface area (Å²) >= 11 is 0. The Balaban J connectivity index is 2.63. The van der Waals surface area contributed by atoms with Crippen LogP contribution in [0.25, 0.3) is 6.08 Å². The van der Waals surface area contributed by atoms with E-state index < -0.39 is 0 Å². The first-order valence-corrected chi connectivity index (χ1v) is 2.81. The fourth-order valence-corrected chi connectivity index (χ4v) is 0.726. The Labute approximate surface area is 57.3 Å². The lowest BCUT2D eigenvalue weighted by molar-refractivity contribution is 1.13. The van der Waals surface area contributed by atoms with Crippen LogP contribution in [0.4, 0.5) is 5.69 Å². The third-order valence-electron chi connectivity index (χ3n) is 1.19. The van der Waals surface area contributed by atoms with Crippen molar-refractivity contribution in [3.63, 3.8) is 0 Å². The highest BCUT2D eigenvalue weighted by Gasteiger charge is 2.00. The van der Waals surface area contributed by atoms with Crippen LogP contribution in [-0.4, -0.2) is 15.8 Å². The van der Waals surface area contributed by atoms with Crippen LogP contribution in [0.15, 0.2) is 17.6 Å². The van der Waals surface area contributed by atoms with E-state index in [4.69, 9.17) is 0 Å². The summed E-state index contributed by atoms with van der Waals surface area (Å²) in [5.41, 5.74) is 4.36. The maximum atomic E-state index is 3.97. The highest BCUT2D eigenvalue weighted by Crippen LogP contribution is 2.12. The molecule has 4 heteroatoms. The van der Waals surface area contributed by atoms with Crippen LogP contribution in [0.2, 0.25) is 0 Å². The summed E-state index contributed by atoms with van der Waals surface area (Å²) in [6.45, 7) is 0. The van der Waals surface area contributed by atoms with Gasteiger partial charge in [-0.25, -0.2) is 9.97 Å². The third-order valence-corrected chi connectivity index (χ3v) is 1.19. The molecular weight excluding hydrogens is 128 g/mol. The van der Waals surface area contributed by atoms with E-state index >= 15 is 0 Å². The lowest BCUT2D eigenvalue weighted by Crippen LogP contribution is -1.97. The highest BCUT2D eigenvalue weighted by atomic mass is 15.3. The Bertz CT molecular complexity index is 311. The zero-order chi connectivity index (χ0) is 6.81. The van der Waals surface area contributed by atoms with Gasteiger partial charge in [-0.05, 0) is 0 Å². The maximum Gasteiger partial charge on any atom is 0.116 e. The molecule has 1 aliphatic rings. The van der Waals surface area contributed by atoms with E-state index in [1.54, 1.807) is 12.3 Å². The molecule has 0 saturated heterocycles. The molecule has 0 amide bonds. The van der Waals surface area contributed by atoms with Crippen LogP contribution in [0.5, 0.6) is 0 Å². The quantitative estimate of drug-likeness (QED) is 0.559. The van der Waals surface area contributed by atoms with Crippen molar-refractivity contribution in [3.8, 4) is 0 Å². The fraction of sp³-hybridized carbons (Fsp3) is 0. The Morgan fingerprint density at radius 3 is 3.40 bits per heavy atom. The molecule has 0 atom stereocenters. The smallest absolute Gasteiger partial charge is 0.116 e. The molecule has 0 fully saturated rings. The molecule has 0 saturated carbocycles. The number of anilines is 1. The Hall–Kier alpha value is -1.67. The van der Waals surface area contributed by atoms with Gasteiger partial charge in [0, 0.05) is 11.9 Å². The highest BCUT2D eigenvalue weighted by molar-refractivity contribution is 5.84. The third kappa shape index (κ3) is 0.674. The minimum atomic E-state index is 0.821. The van der Waals surface area contributed by atoms with Crippen LogP contribution in [0, 0.1) is 0 Å². The van der Waals surface area contributed by atoms with Crippen LogP contribution in [-0.2, 0) is 0 Å². The summed E-state index contributed by atoms with van der Waals surface area (Å²) < 4.78 is 0. The van der Waals surface area contributed by atoms with Crippen molar-refractivity contribution in [2.24, 2.45) is 5.10 Å². The number of hydrogen-bond acceptors (Lipinski definition) is 4. The maximum absolute atomic E-state index is 3.97. The molecule has 1 N–H and O–H groups in total. The first-order valence-electron chi connectivity index (χ1n) is 2.81. The second kappa shape index (κ2) is 1.93. The molecule has 1 aromatic heterocycles. The van der Waals surface area contributed by atoms with Crippen molar-refractivity contribution in [2.75, 3.05) is 5.43 Å². The monoisotopic (exact) mass is 132 g/mol. The largest absolute Gasteiger partial charge is 0.267 e. The van der Waals surface area contributed by atoms with Crippen LogP contribution < -0.4 is 5.43 Å². The standard InChI is InChI=1S/C6H4N4/c1-2-9-10-6-3-7-4-8-5(1)6/h1,3-4,10H. The molecule has 1 aromatic rings. The molecule has 0 radical (unpaired) electrons. The number of hydrazone groups is 1. The second-order valence-corrected chi connectivity index (χ2v) is 1.82. The van der Waals surface area contributed by atoms with Crippen LogP contribution in [0.3, 0.4) is 0 Å². The van der Waals surface area contributed by atoms with E-state index in [9.17, 15) is 0 Å². The van der Waals surface area contributed by atoms with E-state index in [0.29, 0.717) is 0 Å². The predicted molar refractivity (Wildman–Crippen MR) is 37.6 cm³/mol. The number of rotatable bonds is 0. The Kier molecular flexibility index (Phi) is 0.993. The molecule has 48 valence electrons. The Morgan fingerprint density at radius 1 is 1.50 bits per heavy atom. The summed E-state index contributed by atoms with van der Waals surface area (Å²) in [5.74, 6) is 2.64. The van der Waals surface area contributed by atoms with Gasteiger partial charge in [0.05, 0.1) is 6.20 Å². The Morgan fingerprint density at radius 2 is 2.50 bits per heavy atom. The van der Waals surface area contributed by atoms with Crippen LogP contribution in [0.1, 0.15) is 5.69 Å². The minimum Gasteiger partial charge on any atom is -0.267 e. The molecule has 0 aromatic carbocycles. The molecular formula is C6H4N4. The summed E-state index contributed by atoms with van der Waals surface area (Å²) in [6.07, 6.45) is 4.86. The molecule has 2 heterocycles. The van der Waals surface area contributed by atoms with Gasteiger partial charge >= 0.3 is 0 Å². The summed E-state index contributed by atoms with van der Waals surface area (Å²) in [7, 11) is 0. The molecule has 0 bridgehead atoms. The van der Waals surface area contributed by atoms with E-state index in [2.05, 4.69) is 26.4 Å². The van der Waals surface area contributed by atoms with Gasteiger partial charge in [-0.15, -0.1) is 5.10 Å². The molecule has 4 nitrogen and oxygen atoms in total. The minimum absolute atomic E-state index is 0.821. The average molecular weight is 132 g/mol. The molecule has 0 aliphatic carbocycles. The van der Waals surface area contributed by atoms with Gasteiger partial charge in [-0.2, -0.15) is 0 Å². The molecule has 10 heavy (non-hydrogen) atoms. The van der Waals surface area contributed by atoms with Gasteiger partial charge < -0.3 is 0 Å². The zero-order valence-electron chi connectivity index (χ0n) is 5.07. The number of nitrogens with one attached hydrogen (secondary N) is 1. The van der Waals surface area contributed by atoms with Crippen molar-refractivity contribution in [1.29, 1.82) is 0 Å². The zero-order valence-corrected chi connectivity index (χ0v) is 5.07. The van der Waals surface area contributed by atoms with Gasteiger partial charge in [0.25, 0.3) is 0 Å². The predicted octanol–water partition coefficient (Wildman–Crippen LogP) is 0.500. The topological polar surface area (TPSA) is 50.2 Å². The number of hydrogen-bond donors (Lipinski definition) is 1. The number of fused-ring (bicyclic) bond motifs is 1. The number of aromatic nitrogens is 2. The molecule has 0 unspecified atom stereocenters. The molecule has 1 aliphatic heterocycles. The van der Waals surface area contributed by atoms with Gasteiger partial charge in [-0.3, -0.25) is 5.43 Å². The average Bonchev–Trinajstić information content (AvgIpc) is 2.05.